The van der Waals surface area contributed by atoms with E-state index in [1.807, 2.05) is 0 Å². The van der Waals surface area contributed by atoms with Gasteiger partial charge in [0.05, 0.1) is 13.2 Å². The Morgan fingerprint density at radius 2 is 2.15 bits per heavy atom. The Morgan fingerprint density at radius 3 is 2.75 bits per heavy atom. The van der Waals surface area contributed by atoms with E-state index in [1.165, 1.54) is 12.8 Å². The number of hydrogen-bond donors (Lipinski definition) is 3. The van der Waals surface area contributed by atoms with Crippen LogP contribution in [0.5, 0.6) is 0 Å². The zero-order valence-corrected chi connectivity index (χ0v) is 12.7. The van der Waals surface area contributed by atoms with Gasteiger partial charge >= 0.3 is 0 Å². The van der Waals surface area contributed by atoms with E-state index in [4.69, 9.17) is 4.74 Å². The lowest BCUT2D eigenvalue weighted by atomic mass is 10.1. The van der Waals surface area contributed by atoms with E-state index in [-0.39, 0.29) is 12.0 Å². The minimum atomic E-state index is 0.0791. The van der Waals surface area contributed by atoms with Crippen molar-refractivity contribution in [2.75, 3.05) is 39.5 Å². The van der Waals surface area contributed by atoms with Gasteiger partial charge in [-0.15, -0.1) is 0 Å². The van der Waals surface area contributed by atoms with Crippen molar-refractivity contribution in [1.29, 1.82) is 0 Å². The Labute approximate surface area is 122 Å². The summed E-state index contributed by atoms with van der Waals surface area (Å²) >= 11 is 0. The molecule has 0 saturated heterocycles. The molecule has 116 valence electrons. The molecule has 0 aromatic rings. The molecule has 0 spiro atoms. The summed E-state index contributed by atoms with van der Waals surface area (Å²) in [6, 6.07) is 0. The van der Waals surface area contributed by atoms with Crippen LogP contribution < -0.4 is 10.6 Å². The number of aliphatic hydroxyl groups excluding tert-OH is 1. The number of guanidine groups is 1. The summed E-state index contributed by atoms with van der Waals surface area (Å²) in [5.74, 6) is 1.70. The molecule has 2 aliphatic rings. The summed E-state index contributed by atoms with van der Waals surface area (Å²) in [6.45, 7) is 6.53. The van der Waals surface area contributed by atoms with Crippen molar-refractivity contribution in [1.82, 2.24) is 10.6 Å². The third-order valence-corrected chi connectivity index (χ3v) is 4.02. The smallest absolute Gasteiger partial charge is 0.191 e. The molecule has 0 aromatic carbocycles. The van der Waals surface area contributed by atoms with Crippen molar-refractivity contribution >= 4 is 5.96 Å². The van der Waals surface area contributed by atoms with Crippen molar-refractivity contribution in [3.8, 4) is 0 Å². The highest BCUT2D eigenvalue weighted by Gasteiger charge is 2.41. The summed E-state index contributed by atoms with van der Waals surface area (Å²) in [6.07, 6.45) is 5.90. The second-order valence-electron chi connectivity index (χ2n) is 6.15. The molecule has 5 heteroatoms. The number of ether oxygens (including phenoxy) is 1. The molecule has 0 atom stereocenters. The number of hydrogen-bond acceptors (Lipinski definition) is 3. The number of rotatable bonds is 10. The van der Waals surface area contributed by atoms with Gasteiger partial charge in [-0.2, -0.15) is 0 Å². The second-order valence-corrected chi connectivity index (χ2v) is 6.15. The quantitative estimate of drug-likeness (QED) is 0.319. The first kappa shape index (κ1) is 15.6. The molecule has 0 radical (unpaired) electrons. The molecule has 0 aliphatic heterocycles. The summed E-state index contributed by atoms with van der Waals surface area (Å²) in [5, 5.41) is 15.9. The molecule has 2 rings (SSSR count). The second kappa shape index (κ2) is 7.84. The fraction of sp³-hybridized carbons (Fsp3) is 0.933. The molecule has 2 aliphatic carbocycles. The van der Waals surface area contributed by atoms with E-state index in [0.29, 0.717) is 0 Å². The molecule has 2 saturated carbocycles. The van der Waals surface area contributed by atoms with Gasteiger partial charge in [0.25, 0.3) is 0 Å². The molecule has 0 amide bonds. The molecular formula is C15H29N3O2. The largest absolute Gasteiger partial charge is 0.396 e. The van der Waals surface area contributed by atoms with Crippen LogP contribution in [-0.2, 0) is 4.74 Å². The highest BCUT2D eigenvalue weighted by atomic mass is 16.5. The Bertz CT molecular complexity index is 312. The minimum Gasteiger partial charge on any atom is -0.396 e. The van der Waals surface area contributed by atoms with Gasteiger partial charge in [0.15, 0.2) is 5.96 Å². The predicted molar refractivity (Wildman–Crippen MR) is 80.9 cm³/mol. The maximum atomic E-state index is 9.30. The minimum absolute atomic E-state index is 0.0791. The molecule has 0 unspecified atom stereocenters. The van der Waals surface area contributed by atoms with E-state index in [9.17, 15) is 5.11 Å². The van der Waals surface area contributed by atoms with Gasteiger partial charge in [-0.05, 0) is 44.9 Å². The average Bonchev–Trinajstić information content (AvgIpc) is 3.35. The third kappa shape index (κ3) is 5.67. The number of nitrogens with zero attached hydrogens (tertiary/aromatic N) is 1. The topological polar surface area (TPSA) is 65.9 Å². The van der Waals surface area contributed by atoms with Gasteiger partial charge in [-0.1, -0.05) is 0 Å². The summed E-state index contributed by atoms with van der Waals surface area (Å²) in [7, 11) is 0. The predicted octanol–water partition coefficient (Wildman–Crippen LogP) is 1.13. The monoisotopic (exact) mass is 283 g/mol. The van der Waals surface area contributed by atoms with Crippen LogP contribution in [0, 0.1) is 11.3 Å². The lowest BCUT2D eigenvalue weighted by molar-refractivity contribution is 0.123. The van der Waals surface area contributed by atoms with Crippen LogP contribution in [0.2, 0.25) is 0 Å². The maximum absolute atomic E-state index is 9.30. The van der Waals surface area contributed by atoms with Gasteiger partial charge in [0, 0.05) is 31.7 Å². The van der Waals surface area contributed by atoms with Gasteiger partial charge in [0.1, 0.15) is 0 Å². The van der Waals surface area contributed by atoms with Crippen molar-refractivity contribution < 1.29 is 9.84 Å². The Balaban J connectivity index is 1.56. The van der Waals surface area contributed by atoms with Gasteiger partial charge < -0.3 is 20.5 Å². The molecule has 0 bridgehead atoms. The average molecular weight is 283 g/mol. The first-order valence-electron chi connectivity index (χ1n) is 7.99. The normalized spacial score (nSPS) is 20.8. The lowest BCUT2D eigenvalue weighted by Crippen LogP contribution is -2.38. The molecule has 5 nitrogen and oxygen atoms in total. The Kier molecular flexibility index (Phi) is 6.10. The van der Waals surface area contributed by atoms with E-state index < -0.39 is 0 Å². The van der Waals surface area contributed by atoms with Crippen LogP contribution in [0.3, 0.4) is 0 Å². The van der Waals surface area contributed by atoms with Crippen molar-refractivity contribution in [2.24, 2.45) is 16.3 Å². The fourth-order valence-corrected chi connectivity index (χ4v) is 2.05. The Morgan fingerprint density at radius 1 is 1.35 bits per heavy atom. The van der Waals surface area contributed by atoms with Crippen LogP contribution in [-0.4, -0.2) is 50.5 Å². The van der Waals surface area contributed by atoms with Crippen molar-refractivity contribution in [3.63, 3.8) is 0 Å². The molecule has 20 heavy (non-hydrogen) atoms. The lowest BCUT2D eigenvalue weighted by Gasteiger charge is -2.13. The van der Waals surface area contributed by atoms with E-state index in [1.54, 1.807) is 0 Å². The van der Waals surface area contributed by atoms with Crippen LogP contribution in [0.4, 0.5) is 0 Å². The molecule has 2 fully saturated rings. The number of aliphatic hydroxyl groups is 1. The first-order chi connectivity index (χ1) is 9.78. The number of aliphatic imine (C=N–C) groups is 1. The van der Waals surface area contributed by atoms with Crippen LogP contribution in [0.15, 0.2) is 4.99 Å². The van der Waals surface area contributed by atoms with E-state index in [2.05, 4.69) is 22.5 Å². The standard InChI is InChI=1S/C15H29N3O2/c1-2-16-14(18-11-15(12-19)6-7-15)17-8-3-9-20-10-13-4-5-13/h13,19H,2-12H2,1H3,(H2,16,17,18). The third-order valence-electron chi connectivity index (χ3n) is 4.02. The molecule has 0 aromatic heterocycles. The summed E-state index contributed by atoms with van der Waals surface area (Å²) in [4.78, 5) is 4.57. The summed E-state index contributed by atoms with van der Waals surface area (Å²) in [5.41, 5.74) is 0.0791. The molecular weight excluding hydrogens is 254 g/mol. The van der Waals surface area contributed by atoms with Crippen LogP contribution >= 0.6 is 0 Å². The van der Waals surface area contributed by atoms with Gasteiger partial charge in [-0.25, -0.2) is 0 Å². The SMILES string of the molecule is CCNC(=NCC1(CO)CC1)NCCCOCC1CC1. The first-order valence-corrected chi connectivity index (χ1v) is 7.99. The van der Waals surface area contributed by atoms with E-state index >= 15 is 0 Å². The van der Waals surface area contributed by atoms with Gasteiger partial charge in [0.2, 0.25) is 0 Å². The van der Waals surface area contributed by atoms with Crippen LogP contribution in [0.1, 0.15) is 39.0 Å². The highest BCUT2D eigenvalue weighted by Crippen LogP contribution is 2.45. The number of nitrogens with one attached hydrogen (secondary N) is 2. The maximum Gasteiger partial charge on any atom is 0.191 e. The summed E-state index contributed by atoms with van der Waals surface area (Å²) < 4.78 is 5.61. The zero-order chi connectivity index (χ0) is 14.3. The fourth-order valence-electron chi connectivity index (χ4n) is 2.05. The van der Waals surface area contributed by atoms with Crippen molar-refractivity contribution in [2.45, 2.75) is 39.0 Å². The highest BCUT2D eigenvalue weighted by molar-refractivity contribution is 5.79. The molecule has 3 N–H and O–H groups in total. The van der Waals surface area contributed by atoms with Crippen LogP contribution in [0.25, 0.3) is 0 Å². The van der Waals surface area contributed by atoms with Crippen molar-refractivity contribution in [3.05, 3.63) is 0 Å². The van der Waals surface area contributed by atoms with E-state index in [0.717, 1.165) is 64.0 Å². The van der Waals surface area contributed by atoms with Gasteiger partial charge in [-0.3, -0.25) is 4.99 Å². The Hall–Kier alpha value is -0.810. The zero-order valence-electron chi connectivity index (χ0n) is 12.7. The molecule has 0 heterocycles.